The molecule has 0 aliphatic rings. The smallest absolute Gasteiger partial charge is 0.255 e. The molecular weight excluding hydrogens is 441 g/mol. The highest BCUT2D eigenvalue weighted by Gasteiger charge is 2.28. The number of fused-ring (bicyclic) bond motifs is 1. The second-order valence-electron chi connectivity index (χ2n) is 6.86. The van der Waals surface area contributed by atoms with Crippen LogP contribution in [0.4, 0.5) is 10.1 Å². The van der Waals surface area contributed by atoms with E-state index in [4.69, 9.17) is 9.15 Å². The lowest BCUT2D eigenvalue weighted by atomic mass is 10.0. The molecule has 0 aliphatic carbocycles. The summed E-state index contributed by atoms with van der Waals surface area (Å²) in [5.74, 6) is -1.15. The number of likely N-dealkylation sites (N-methyl/N-ethyl adjacent to an activating group) is 1. The van der Waals surface area contributed by atoms with Crippen LogP contribution in [0.1, 0.15) is 10.4 Å². The summed E-state index contributed by atoms with van der Waals surface area (Å²) in [6.45, 7) is -0.481. The van der Waals surface area contributed by atoms with Crippen LogP contribution in [0.15, 0.2) is 40.8 Å². The van der Waals surface area contributed by atoms with Crippen molar-refractivity contribution in [3.05, 3.63) is 47.8 Å². The van der Waals surface area contributed by atoms with Gasteiger partial charge in [-0.3, -0.25) is 13.9 Å². The number of ether oxygens (including phenoxy) is 1. The Labute approximate surface area is 184 Å². The number of hydrogen-bond acceptors (Lipinski definition) is 6. The topological polar surface area (TPSA) is 118 Å². The molecular formula is C21H22FN3O6S. The number of nitrogens with zero attached hydrogens (tertiary/aromatic N) is 1. The molecule has 3 rings (SSSR count). The fourth-order valence-electron chi connectivity index (χ4n) is 3.22. The van der Waals surface area contributed by atoms with Gasteiger partial charge in [-0.1, -0.05) is 0 Å². The first kappa shape index (κ1) is 23.1. The number of nitrogens with one attached hydrogen (secondary N) is 2. The molecule has 170 valence electrons. The van der Waals surface area contributed by atoms with Gasteiger partial charge in [-0.05, 0) is 30.3 Å². The first-order valence-corrected chi connectivity index (χ1v) is 11.3. The van der Waals surface area contributed by atoms with E-state index >= 15 is 0 Å². The average Bonchev–Trinajstić information content (AvgIpc) is 3.13. The van der Waals surface area contributed by atoms with E-state index in [1.165, 1.54) is 57.6 Å². The van der Waals surface area contributed by atoms with Crippen molar-refractivity contribution in [2.75, 3.05) is 38.3 Å². The molecule has 0 saturated heterocycles. The number of sulfonamides is 1. The molecule has 0 aliphatic heterocycles. The first-order chi connectivity index (χ1) is 15.1. The number of benzene rings is 2. The van der Waals surface area contributed by atoms with Crippen molar-refractivity contribution in [1.29, 1.82) is 0 Å². The van der Waals surface area contributed by atoms with Crippen LogP contribution in [0.5, 0.6) is 5.75 Å². The molecule has 32 heavy (non-hydrogen) atoms. The van der Waals surface area contributed by atoms with E-state index in [2.05, 4.69) is 10.6 Å². The van der Waals surface area contributed by atoms with Gasteiger partial charge >= 0.3 is 0 Å². The van der Waals surface area contributed by atoms with Crippen molar-refractivity contribution in [3.63, 3.8) is 0 Å². The monoisotopic (exact) mass is 463 g/mol. The summed E-state index contributed by atoms with van der Waals surface area (Å²) >= 11 is 0. The Morgan fingerprint density at radius 3 is 2.31 bits per heavy atom. The number of furan rings is 1. The Morgan fingerprint density at radius 1 is 1.12 bits per heavy atom. The predicted octanol–water partition coefficient (Wildman–Crippen LogP) is 2.12. The second kappa shape index (κ2) is 8.87. The molecule has 2 amide bonds. The number of hydrogen-bond donors (Lipinski definition) is 2. The van der Waals surface area contributed by atoms with Gasteiger partial charge in [0.25, 0.3) is 5.91 Å². The lowest BCUT2D eigenvalue weighted by Crippen LogP contribution is -2.39. The minimum Gasteiger partial charge on any atom is -0.495 e. The van der Waals surface area contributed by atoms with Crippen LogP contribution >= 0.6 is 0 Å². The van der Waals surface area contributed by atoms with Gasteiger partial charge in [0, 0.05) is 31.1 Å². The van der Waals surface area contributed by atoms with Crippen molar-refractivity contribution in [2.24, 2.45) is 0 Å². The lowest BCUT2D eigenvalue weighted by Gasteiger charge is -2.23. The van der Waals surface area contributed by atoms with Gasteiger partial charge in [0.15, 0.2) is 0 Å². The standard InChI is InChI=1S/C21H22FN3O6S/c1-23-18(26)11-25(32(4,28)29)15-10-16-14(9-17(15)30-3)19(21(27)24-2)20(31-16)12-5-7-13(22)8-6-12/h5-10H,11H2,1-4H3,(H,23,26)(H,24,27). The molecule has 1 aromatic heterocycles. The van der Waals surface area contributed by atoms with Crippen LogP contribution < -0.4 is 19.7 Å². The summed E-state index contributed by atoms with van der Waals surface area (Å²) in [7, 11) is 0.307. The Balaban J connectivity index is 2.31. The van der Waals surface area contributed by atoms with E-state index in [1.54, 1.807) is 0 Å². The molecule has 1 heterocycles. The van der Waals surface area contributed by atoms with Gasteiger partial charge in [0.1, 0.15) is 29.5 Å². The van der Waals surface area contributed by atoms with Crippen LogP contribution in [-0.2, 0) is 14.8 Å². The molecule has 0 bridgehead atoms. The quantitative estimate of drug-likeness (QED) is 0.554. The SMILES string of the molecule is CNC(=O)CN(c1cc2oc(-c3ccc(F)cc3)c(C(=O)NC)c2cc1OC)S(C)(=O)=O. The summed E-state index contributed by atoms with van der Waals surface area (Å²) in [5, 5.41) is 5.28. The number of anilines is 1. The third-order valence-corrected chi connectivity index (χ3v) is 5.91. The highest BCUT2D eigenvalue weighted by Crippen LogP contribution is 2.40. The minimum atomic E-state index is -3.88. The largest absolute Gasteiger partial charge is 0.495 e. The third-order valence-electron chi connectivity index (χ3n) is 4.79. The summed E-state index contributed by atoms with van der Waals surface area (Å²) in [6, 6.07) is 8.25. The van der Waals surface area contributed by atoms with Crippen LogP contribution in [-0.4, -0.2) is 54.2 Å². The molecule has 0 radical (unpaired) electrons. The van der Waals surface area contributed by atoms with Crippen molar-refractivity contribution in [3.8, 4) is 17.1 Å². The van der Waals surface area contributed by atoms with Crippen LogP contribution in [0.25, 0.3) is 22.3 Å². The number of halogens is 1. The van der Waals surface area contributed by atoms with Crippen LogP contribution in [0.3, 0.4) is 0 Å². The van der Waals surface area contributed by atoms with E-state index in [9.17, 15) is 22.4 Å². The van der Waals surface area contributed by atoms with E-state index in [-0.39, 0.29) is 28.3 Å². The molecule has 11 heteroatoms. The van der Waals surface area contributed by atoms with Crippen molar-refractivity contribution in [2.45, 2.75) is 0 Å². The molecule has 2 N–H and O–H groups in total. The predicted molar refractivity (Wildman–Crippen MR) is 118 cm³/mol. The van der Waals surface area contributed by atoms with Crippen molar-refractivity contribution in [1.82, 2.24) is 10.6 Å². The molecule has 9 nitrogen and oxygen atoms in total. The molecule has 0 fully saturated rings. The fraction of sp³-hybridized carbons (Fsp3) is 0.238. The molecule has 0 unspecified atom stereocenters. The Hall–Kier alpha value is -3.60. The number of carbonyl (C=O) groups is 2. The van der Waals surface area contributed by atoms with Crippen molar-refractivity contribution < 1.29 is 31.6 Å². The number of methoxy groups -OCH3 is 1. The highest BCUT2D eigenvalue weighted by atomic mass is 32.2. The van der Waals surface area contributed by atoms with Gasteiger partial charge in [-0.15, -0.1) is 0 Å². The Bertz CT molecular complexity index is 1290. The van der Waals surface area contributed by atoms with Gasteiger partial charge < -0.3 is 19.8 Å². The van der Waals surface area contributed by atoms with Gasteiger partial charge in [-0.25, -0.2) is 12.8 Å². The normalized spacial score (nSPS) is 11.3. The van der Waals surface area contributed by atoms with Crippen LogP contribution in [0, 0.1) is 5.82 Å². The maximum absolute atomic E-state index is 13.4. The summed E-state index contributed by atoms with van der Waals surface area (Å²) in [4.78, 5) is 24.6. The zero-order valence-electron chi connectivity index (χ0n) is 17.9. The van der Waals surface area contributed by atoms with Crippen molar-refractivity contribution >= 4 is 38.5 Å². The Morgan fingerprint density at radius 2 is 1.78 bits per heavy atom. The molecule has 0 spiro atoms. The highest BCUT2D eigenvalue weighted by molar-refractivity contribution is 7.92. The number of amides is 2. The number of rotatable bonds is 7. The molecule has 3 aromatic rings. The van der Waals surface area contributed by atoms with Gasteiger partial charge in [0.05, 0.1) is 24.6 Å². The molecule has 0 atom stereocenters. The van der Waals surface area contributed by atoms with Gasteiger partial charge in [0.2, 0.25) is 15.9 Å². The number of carbonyl (C=O) groups excluding carboxylic acids is 2. The third kappa shape index (κ3) is 4.37. The zero-order valence-corrected chi connectivity index (χ0v) is 18.7. The van der Waals surface area contributed by atoms with Crippen LogP contribution in [0.2, 0.25) is 0 Å². The van der Waals surface area contributed by atoms with Gasteiger partial charge in [-0.2, -0.15) is 0 Å². The average molecular weight is 463 g/mol. The maximum atomic E-state index is 13.4. The molecule has 0 saturated carbocycles. The maximum Gasteiger partial charge on any atom is 0.255 e. The van der Waals surface area contributed by atoms with E-state index in [1.807, 2.05) is 0 Å². The zero-order chi connectivity index (χ0) is 23.6. The summed E-state index contributed by atoms with van der Waals surface area (Å²) in [6.07, 6.45) is 0.960. The minimum absolute atomic E-state index is 0.0639. The first-order valence-electron chi connectivity index (χ1n) is 9.41. The second-order valence-corrected chi connectivity index (χ2v) is 8.76. The lowest BCUT2D eigenvalue weighted by molar-refractivity contribution is -0.119. The van der Waals surface area contributed by atoms with E-state index in [0.29, 0.717) is 10.9 Å². The summed E-state index contributed by atoms with van der Waals surface area (Å²) < 4.78 is 50.4. The van der Waals surface area contributed by atoms with E-state index < -0.39 is 34.2 Å². The fourth-order valence-corrected chi connectivity index (χ4v) is 4.07. The summed E-state index contributed by atoms with van der Waals surface area (Å²) in [5.41, 5.74) is 0.876. The molecule has 2 aromatic carbocycles. The van der Waals surface area contributed by atoms with E-state index in [0.717, 1.165) is 10.6 Å². The Kier molecular flexibility index (Phi) is 6.40.